The second-order valence-electron chi connectivity index (χ2n) is 2.16. The third-order valence-corrected chi connectivity index (χ3v) is 3.31. The molecule has 0 atom stereocenters. The number of nitrogens with zero attached hydrogens (tertiary/aromatic N) is 1. The fourth-order valence-corrected chi connectivity index (χ4v) is 1.65. The Kier molecular flexibility index (Phi) is 2.68. The first-order chi connectivity index (χ1) is 4.61. The molecule has 1 aromatic heterocycles. The van der Waals surface area contributed by atoms with E-state index in [0.29, 0.717) is 0 Å². The molecule has 0 aliphatic carbocycles. The number of pyridine rings is 1. The van der Waals surface area contributed by atoms with E-state index in [1.54, 1.807) is 0 Å². The van der Waals surface area contributed by atoms with Crippen LogP contribution in [0, 0.1) is 17.4 Å². The minimum atomic E-state index is 0.919. The predicted molar refractivity (Wildman–Crippen MR) is 54.1 cm³/mol. The Balaban J connectivity index is 3.31. The highest BCUT2D eigenvalue weighted by Crippen LogP contribution is 2.18. The summed E-state index contributed by atoms with van der Waals surface area (Å²) in [6, 6.07) is 2.02. The van der Waals surface area contributed by atoms with Crippen molar-refractivity contribution in [3.05, 3.63) is 25.5 Å². The van der Waals surface area contributed by atoms with Crippen LogP contribution in [0.4, 0.5) is 0 Å². The molecule has 0 aromatic carbocycles. The van der Waals surface area contributed by atoms with Crippen LogP contribution in [0.1, 0.15) is 11.3 Å². The third-order valence-electron chi connectivity index (χ3n) is 1.27. The molecule has 1 rings (SSSR count). The van der Waals surface area contributed by atoms with Gasteiger partial charge < -0.3 is 0 Å². The molecular weight excluding hydrogens is 305 g/mol. The average Bonchev–Trinajstić information content (AvgIpc) is 1.82. The van der Waals surface area contributed by atoms with Crippen molar-refractivity contribution in [3.8, 4) is 0 Å². The van der Waals surface area contributed by atoms with E-state index < -0.39 is 0 Å². The molecule has 0 amide bonds. The van der Waals surface area contributed by atoms with Crippen LogP contribution in [-0.2, 0) is 0 Å². The molecule has 3 heteroatoms. The van der Waals surface area contributed by atoms with Crippen LogP contribution >= 0.6 is 38.5 Å². The van der Waals surface area contributed by atoms with Crippen LogP contribution in [0.25, 0.3) is 0 Å². The fraction of sp³-hybridized carbons (Fsp3) is 0.286. The molecule has 1 aromatic rings. The van der Waals surface area contributed by atoms with Crippen molar-refractivity contribution in [1.29, 1.82) is 0 Å². The number of halogens is 2. The smallest absolute Gasteiger partial charge is 0.106 e. The van der Waals surface area contributed by atoms with E-state index in [9.17, 15) is 0 Å². The minimum absolute atomic E-state index is 0.919. The molecule has 0 saturated carbocycles. The van der Waals surface area contributed by atoms with Gasteiger partial charge in [-0.25, -0.2) is 4.98 Å². The molecule has 54 valence electrons. The lowest BCUT2D eigenvalue weighted by atomic mass is 10.3. The van der Waals surface area contributed by atoms with E-state index in [2.05, 4.69) is 50.4 Å². The molecule has 1 heterocycles. The SMILES string of the molecule is Cc1cc(Br)nc(C)c1I. The first kappa shape index (κ1) is 8.46. The van der Waals surface area contributed by atoms with Gasteiger partial charge >= 0.3 is 0 Å². The maximum atomic E-state index is 4.24. The van der Waals surface area contributed by atoms with Gasteiger partial charge in [-0.15, -0.1) is 0 Å². The van der Waals surface area contributed by atoms with Crippen molar-refractivity contribution in [2.75, 3.05) is 0 Å². The van der Waals surface area contributed by atoms with Crippen LogP contribution in [0.3, 0.4) is 0 Å². The van der Waals surface area contributed by atoms with Crippen LogP contribution in [0.5, 0.6) is 0 Å². The number of aromatic nitrogens is 1. The summed E-state index contributed by atoms with van der Waals surface area (Å²) < 4.78 is 2.17. The van der Waals surface area contributed by atoms with E-state index in [1.165, 1.54) is 9.13 Å². The summed E-state index contributed by atoms with van der Waals surface area (Å²) >= 11 is 5.63. The zero-order valence-corrected chi connectivity index (χ0v) is 9.52. The van der Waals surface area contributed by atoms with Gasteiger partial charge in [-0.1, -0.05) is 0 Å². The average molecular weight is 312 g/mol. The van der Waals surface area contributed by atoms with E-state index in [4.69, 9.17) is 0 Å². The zero-order valence-electron chi connectivity index (χ0n) is 5.78. The summed E-state index contributed by atoms with van der Waals surface area (Å²) in [5, 5.41) is 0. The third kappa shape index (κ3) is 1.69. The minimum Gasteiger partial charge on any atom is -0.245 e. The Morgan fingerprint density at radius 1 is 1.50 bits per heavy atom. The molecule has 0 aliphatic heterocycles. The lowest BCUT2D eigenvalue weighted by Crippen LogP contribution is -1.90. The number of rotatable bonds is 0. The second kappa shape index (κ2) is 3.17. The van der Waals surface area contributed by atoms with Crippen molar-refractivity contribution in [2.24, 2.45) is 0 Å². The van der Waals surface area contributed by atoms with Gasteiger partial charge in [-0.3, -0.25) is 0 Å². The summed E-state index contributed by atoms with van der Waals surface area (Å²) in [4.78, 5) is 4.24. The van der Waals surface area contributed by atoms with E-state index in [-0.39, 0.29) is 0 Å². The quantitative estimate of drug-likeness (QED) is 0.530. The van der Waals surface area contributed by atoms with Gasteiger partial charge in [0.05, 0.1) is 5.69 Å². The molecule has 10 heavy (non-hydrogen) atoms. The van der Waals surface area contributed by atoms with Crippen LogP contribution in [-0.4, -0.2) is 4.98 Å². The summed E-state index contributed by atoms with van der Waals surface area (Å²) in [5.41, 5.74) is 2.37. The van der Waals surface area contributed by atoms with Crippen molar-refractivity contribution >= 4 is 38.5 Å². The predicted octanol–water partition coefficient (Wildman–Crippen LogP) is 3.07. The molecular formula is C7H7BrIN. The fourth-order valence-electron chi connectivity index (χ4n) is 0.769. The molecule has 0 N–H and O–H groups in total. The molecule has 1 nitrogen and oxygen atoms in total. The molecule has 0 spiro atoms. The highest BCUT2D eigenvalue weighted by atomic mass is 127. The Morgan fingerprint density at radius 3 is 2.60 bits per heavy atom. The lowest BCUT2D eigenvalue weighted by molar-refractivity contribution is 1.12. The number of hydrogen-bond acceptors (Lipinski definition) is 1. The Morgan fingerprint density at radius 2 is 2.10 bits per heavy atom. The molecule has 0 aliphatic rings. The van der Waals surface area contributed by atoms with Crippen LogP contribution < -0.4 is 0 Å². The van der Waals surface area contributed by atoms with E-state index >= 15 is 0 Å². The summed E-state index contributed by atoms with van der Waals surface area (Å²) in [6.45, 7) is 4.10. The lowest BCUT2D eigenvalue weighted by Gasteiger charge is -2.01. The van der Waals surface area contributed by atoms with Gasteiger partial charge in [-0.05, 0) is 64.0 Å². The molecule has 0 bridgehead atoms. The second-order valence-corrected chi connectivity index (χ2v) is 4.05. The van der Waals surface area contributed by atoms with Gasteiger partial charge in [0.25, 0.3) is 0 Å². The molecule has 0 unspecified atom stereocenters. The summed E-state index contributed by atoms with van der Waals surface area (Å²) in [7, 11) is 0. The van der Waals surface area contributed by atoms with E-state index in [0.717, 1.165) is 10.3 Å². The topological polar surface area (TPSA) is 12.9 Å². The Hall–Kier alpha value is 0.360. The Bertz CT molecular complexity index is 237. The van der Waals surface area contributed by atoms with Crippen molar-refractivity contribution < 1.29 is 0 Å². The monoisotopic (exact) mass is 311 g/mol. The highest BCUT2D eigenvalue weighted by molar-refractivity contribution is 14.1. The highest BCUT2D eigenvalue weighted by Gasteiger charge is 2.00. The molecule has 0 saturated heterocycles. The van der Waals surface area contributed by atoms with Crippen molar-refractivity contribution in [1.82, 2.24) is 4.98 Å². The normalized spacial score (nSPS) is 10.0. The maximum Gasteiger partial charge on any atom is 0.106 e. The van der Waals surface area contributed by atoms with Gasteiger partial charge in [0.15, 0.2) is 0 Å². The molecule has 0 fully saturated rings. The Labute approximate surface area is 82.5 Å². The molecule has 0 radical (unpaired) electrons. The van der Waals surface area contributed by atoms with Gasteiger partial charge in [0, 0.05) is 3.57 Å². The number of hydrogen-bond donors (Lipinski definition) is 0. The first-order valence-electron chi connectivity index (χ1n) is 2.90. The van der Waals surface area contributed by atoms with Crippen molar-refractivity contribution in [3.63, 3.8) is 0 Å². The number of aryl methyl sites for hydroxylation is 2. The first-order valence-corrected chi connectivity index (χ1v) is 4.77. The van der Waals surface area contributed by atoms with Gasteiger partial charge in [0.1, 0.15) is 4.60 Å². The largest absolute Gasteiger partial charge is 0.245 e. The van der Waals surface area contributed by atoms with Crippen LogP contribution in [0.2, 0.25) is 0 Å². The van der Waals surface area contributed by atoms with E-state index in [1.807, 2.05) is 13.0 Å². The van der Waals surface area contributed by atoms with Gasteiger partial charge in [-0.2, -0.15) is 0 Å². The van der Waals surface area contributed by atoms with Crippen molar-refractivity contribution in [2.45, 2.75) is 13.8 Å². The van der Waals surface area contributed by atoms with Crippen LogP contribution in [0.15, 0.2) is 10.7 Å². The van der Waals surface area contributed by atoms with Gasteiger partial charge in [0.2, 0.25) is 0 Å². The summed E-state index contributed by atoms with van der Waals surface area (Å²) in [5.74, 6) is 0. The standard InChI is InChI=1S/C7H7BrIN/c1-4-3-6(8)10-5(2)7(4)9/h3H,1-2H3. The summed E-state index contributed by atoms with van der Waals surface area (Å²) in [6.07, 6.45) is 0. The zero-order chi connectivity index (χ0) is 7.72. The maximum absolute atomic E-state index is 4.24.